The van der Waals surface area contributed by atoms with Crippen LogP contribution in [0.25, 0.3) is 10.9 Å². The first-order chi connectivity index (χ1) is 6.25. The van der Waals surface area contributed by atoms with Crippen LogP contribution in [0.4, 0.5) is 0 Å². The topological polar surface area (TPSA) is 66.0 Å². The van der Waals surface area contributed by atoms with Crippen LogP contribution in [-0.2, 0) is 11.2 Å². The van der Waals surface area contributed by atoms with E-state index in [1.807, 2.05) is 6.07 Å². The van der Waals surface area contributed by atoms with E-state index < -0.39 is 5.97 Å². The number of H-pyrrole nitrogens is 1. The Hall–Kier alpha value is -1.84. The van der Waals surface area contributed by atoms with E-state index in [4.69, 9.17) is 5.11 Å². The summed E-state index contributed by atoms with van der Waals surface area (Å²) < 4.78 is 0. The second-order valence-corrected chi connectivity index (χ2v) is 2.83. The molecule has 13 heavy (non-hydrogen) atoms. The van der Waals surface area contributed by atoms with Gasteiger partial charge in [0, 0.05) is 29.0 Å². The van der Waals surface area contributed by atoms with Crippen molar-refractivity contribution in [3.05, 3.63) is 30.2 Å². The molecule has 2 rings (SSSR count). The number of hydrogen-bond acceptors (Lipinski definition) is 2. The van der Waals surface area contributed by atoms with Crippen molar-refractivity contribution < 1.29 is 9.90 Å². The minimum atomic E-state index is -0.834. The molecule has 66 valence electrons. The molecule has 0 spiro atoms. The highest BCUT2D eigenvalue weighted by Gasteiger charge is 2.03. The fourth-order valence-electron chi connectivity index (χ4n) is 1.29. The van der Waals surface area contributed by atoms with E-state index in [-0.39, 0.29) is 6.42 Å². The van der Waals surface area contributed by atoms with E-state index in [9.17, 15) is 4.79 Å². The summed E-state index contributed by atoms with van der Waals surface area (Å²) in [5.74, 6) is -0.834. The number of fused-ring (bicyclic) bond motifs is 1. The van der Waals surface area contributed by atoms with Crippen LogP contribution in [0.15, 0.2) is 24.5 Å². The van der Waals surface area contributed by atoms with Crippen molar-refractivity contribution in [3.8, 4) is 0 Å². The van der Waals surface area contributed by atoms with Gasteiger partial charge in [0.1, 0.15) is 0 Å². The van der Waals surface area contributed by atoms with Crippen molar-refractivity contribution in [1.82, 2.24) is 9.97 Å². The van der Waals surface area contributed by atoms with Gasteiger partial charge in [-0.25, -0.2) is 0 Å². The standard InChI is InChI=1S/C9H8N2O2/c12-9(13)4-7-3-6-5-10-2-1-8(6)11-7/h1-3,5,11H,4H2,(H,12,13). The number of nitrogens with one attached hydrogen (secondary N) is 1. The molecule has 4 nitrogen and oxygen atoms in total. The zero-order valence-electron chi connectivity index (χ0n) is 6.82. The molecule has 0 fully saturated rings. The normalized spacial score (nSPS) is 10.5. The lowest BCUT2D eigenvalue weighted by Crippen LogP contribution is -1.99. The molecule has 2 heterocycles. The van der Waals surface area contributed by atoms with Crippen molar-refractivity contribution >= 4 is 16.9 Å². The van der Waals surface area contributed by atoms with Crippen LogP contribution in [0.2, 0.25) is 0 Å². The van der Waals surface area contributed by atoms with Gasteiger partial charge in [-0.1, -0.05) is 0 Å². The van der Waals surface area contributed by atoms with Crippen LogP contribution in [0.3, 0.4) is 0 Å². The second kappa shape index (κ2) is 2.90. The van der Waals surface area contributed by atoms with Crippen LogP contribution < -0.4 is 0 Å². The molecule has 0 saturated heterocycles. The maximum Gasteiger partial charge on any atom is 0.309 e. The Morgan fingerprint density at radius 3 is 3.15 bits per heavy atom. The Bertz CT molecular complexity index is 415. The van der Waals surface area contributed by atoms with Crippen LogP contribution in [-0.4, -0.2) is 21.0 Å². The highest BCUT2D eigenvalue weighted by molar-refractivity contribution is 5.81. The average molecular weight is 176 g/mol. The third-order valence-corrected chi connectivity index (χ3v) is 1.82. The van der Waals surface area contributed by atoms with Gasteiger partial charge in [0.2, 0.25) is 0 Å². The van der Waals surface area contributed by atoms with E-state index >= 15 is 0 Å². The third kappa shape index (κ3) is 1.51. The number of pyridine rings is 1. The lowest BCUT2D eigenvalue weighted by Gasteiger charge is -1.88. The third-order valence-electron chi connectivity index (χ3n) is 1.82. The molecule has 0 aliphatic rings. The minimum absolute atomic E-state index is 0.0225. The van der Waals surface area contributed by atoms with Gasteiger partial charge in [-0.15, -0.1) is 0 Å². The Balaban J connectivity index is 2.44. The molecule has 0 aliphatic heterocycles. The van der Waals surface area contributed by atoms with Crippen molar-refractivity contribution in [2.75, 3.05) is 0 Å². The summed E-state index contributed by atoms with van der Waals surface area (Å²) in [6.45, 7) is 0. The smallest absolute Gasteiger partial charge is 0.309 e. The zero-order chi connectivity index (χ0) is 9.26. The predicted molar refractivity (Wildman–Crippen MR) is 47.4 cm³/mol. The van der Waals surface area contributed by atoms with Gasteiger partial charge < -0.3 is 10.1 Å². The van der Waals surface area contributed by atoms with Crippen molar-refractivity contribution in [2.45, 2.75) is 6.42 Å². The van der Waals surface area contributed by atoms with Gasteiger partial charge in [-0.05, 0) is 12.1 Å². The predicted octanol–water partition coefficient (Wildman–Crippen LogP) is 1.19. The van der Waals surface area contributed by atoms with Gasteiger partial charge in [-0.3, -0.25) is 9.78 Å². The first kappa shape index (κ1) is 7.79. The molecular formula is C9H8N2O2. The molecule has 0 amide bonds. The fourth-order valence-corrected chi connectivity index (χ4v) is 1.29. The number of nitrogens with zero attached hydrogens (tertiary/aromatic N) is 1. The summed E-state index contributed by atoms with van der Waals surface area (Å²) in [7, 11) is 0. The van der Waals surface area contributed by atoms with Crippen LogP contribution in [0.1, 0.15) is 5.69 Å². The zero-order valence-corrected chi connectivity index (χ0v) is 6.82. The second-order valence-electron chi connectivity index (χ2n) is 2.83. The van der Waals surface area contributed by atoms with Crippen molar-refractivity contribution in [3.63, 3.8) is 0 Å². The first-order valence-corrected chi connectivity index (χ1v) is 3.89. The maximum absolute atomic E-state index is 10.4. The van der Waals surface area contributed by atoms with Crippen LogP contribution in [0, 0.1) is 0 Å². The van der Waals surface area contributed by atoms with E-state index in [0.29, 0.717) is 5.69 Å². The molecule has 0 saturated carbocycles. The molecule has 2 aromatic heterocycles. The first-order valence-electron chi connectivity index (χ1n) is 3.89. The highest BCUT2D eigenvalue weighted by atomic mass is 16.4. The molecule has 2 aromatic rings. The van der Waals surface area contributed by atoms with Gasteiger partial charge in [0.25, 0.3) is 0 Å². The number of carboxylic acids is 1. The molecule has 4 heteroatoms. The summed E-state index contributed by atoms with van der Waals surface area (Å²) in [6.07, 6.45) is 3.40. The Morgan fingerprint density at radius 2 is 2.46 bits per heavy atom. The number of rotatable bonds is 2. The summed E-state index contributed by atoms with van der Waals surface area (Å²) in [4.78, 5) is 17.4. The molecule has 2 N–H and O–H groups in total. The molecule has 0 aliphatic carbocycles. The van der Waals surface area contributed by atoms with Gasteiger partial charge in [0.05, 0.1) is 6.42 Å². The molecule has 0 radical (unpaired) electrons. The summed E-state index contributed by atoms with van der Waals surface area (Å²) in [5, 5.41) is 9.50. The molecular weight excluding hydrogens is 168 g/mol. The molecule has 0 unspecified atom stereocenters. The number of aromatic amines is 1. The van der Waals surface area contributed by atoms with E-state index in [1.54, 1.807) is 18.5 Å². The lowest BCUT2D eigenvalue weighted by atomic mass is 10.3. The molecule has 0 atom stereocenters. The molecule has 0 aromatic carbocycles. The van der Waals surface area contributed by atoms with E-state index in [2.05, 4.69) is 9.97 Å². The minimum Gasteiger partial charge on any atom is -0.481 e. The summed E-state index contributed by atoms with van der Waals surface area (Å²) in [6, 6.07) is 3.62. The van der Waals surface area contributed by atoms with Gasteiger partial charge in [-0.2, -0.15) is 0 Å². The summed E-state index contributed by atoms with van der Waals surface area (Å²) >= 11 is 0. The van der Waals surface area contributed by atoms with Gasteiger partial charge >= 0.3 is 5.97 Å². The summed E-state index contributed by atoms with van der Waals surface area (Å²) in [5.41, 5.74) is 1.63. The Kier molecular flexibility index (Phi) is 1.73. The fraction of sp³-hybridized carbons (Fsp3) is 0.111. The van der Waals surface area contributed by atoms with E-state index in [1.165, 1.54) is 0 Å². The van der Waals surface area contributed by atoms with Crippen molar-refractivity contribution in [1.29, 1.82) is 0 Å². The largest absolute Gasteiger partial charge is 0.481 e. The monoisotopic (exact) mass is 176 g/mol. The van der Waals surface area contributed by atoms with Crippen LogP contribution in [0.5, 0.6) is 0 Å². The number of carbonyl (C=O) groups is 1. The number of carboxylic acid groups (broad SMARTS) is 1. The molecule has 0 bridgehead atoms. The highest BCUT2D eigenvalue weighted by Crippen LogP contribution is 2.13. The number of hydrogen-bond donors (Lipinski definition) is 2. The quantitative estimate of drug-likeness (QED) is 0.722. The van der Waals surface area contributed by atoms with Crippen LogP contribution >= 0.6 is 0 Å². The number of aliphatic carboxylic acids is 1. The van der Waals surface area contributed by atoms with Gasteiger partial charge in [0.15, 0.2) is 0 Å². The average Bonchev–Trinajstić information content (AvgIpc) is 2.44. The maximum atomic E-state index is 10.4. The SMILES string of the molecule is O=C(O)Cc1cc2cnccc2[nH]1. The lowest BCUT2D eigenvalue weighted by molar-refractivity contribution is -0.136. The number of aromatic nitrogens is 2. The Labute approximate surface area is 74.2 Å². The van der Waals surface area contributed by atoms with E-state index in [0.717, 1.165) is 10.9 Å². The van der Waals surface area contributed by atoms with Crippen molar-refractivity contribution in [2.24, 2.45) is 0 Å². The Morgan fingerprint density at radius 1 is 1.62 bits per heavy atom.